The van der Waals surface area contributed by atoms with Crippen molar-refractivity contribution in [1.29, 1.82) is 0 Å². The zero-order valence-electron chi connectivity index (χ0n) is 8.98. The molecule has 0 spiro atoms. The van der Waals surface area contributed by atoms with E-state index in [0.717, 1.165) is 5.56 Å². The molecule has 0 radical (unpaired) electrons. The highest BCUT2D eigenvalue weighted by Gasteiger charge is 2.10. The van der Waals surface area contributed by atoms with Crippen LogP contribution in [0.4, 0.5) is 5.69 Å². The van der Waals surface area contributed by atoms with Gasteiger partial charge in [0.25, 0.3) is 0 Å². The van der Waals surface area contributed by atoms with E-state index >= 15 is 0 Å². The molecule has 2 N–H and O–H groups in total. The van der Waals surface area contributed by atoms with Gasteiger partial charge in [0.1, 0.15) is 0 Å². The van der Waals surface area contributed by atoms with Crippen LogP contribution in [0.1, 0.15) is 24.8 Å². The predicted octanol–water partition coefficient (Wildman–Crippen LogP) is 2.07. The molecule has 0 unspecified atom stereocenters. The minimum Gasteiger partial charge on any atom is -0.372 e. The van der Waals surface area contributed by atoms with Crippen molar-refractivity contribution in [1.82, 2.24) is 0 Å². The van der Waals surface area contributed by atoms with Crippen LogP contribution < -0.4 is 10.8 Å². The van der Waals surface area contributed by atoms with E-state index in [0.29, 0.717) is 6.61 Å². The molecule has 0 amide bonds. The van der Waals surface area contributed by atoms with E-state index in [2.05, 4.69) is 34.0 Å². The topological polar surface area (TPSA) is 38.5 Å². The Balaban J connectivity index is 2.02. The maximum atomic E-state index is 5.03. The highest BCUT2D eigenvalue weighted by molar-refractivity contribution is 5.47. The highest BCUT2D eigenvalue weighted by Crippen LogP contribution is 2.20. The standard InChI is InChI=1S/C12H18N2O/c13-15-10-11-4-6-12(7-5-11)14-8-2-1-3-9-14/h4-7H,1-3,8-10,13H2. The first-order valence-corrected chi connectivity index (χ1v) is 5.56. The summed E-state index contributed by atoms with van der Waals surface area (Å²) in [6.45, 7) is 2.86. The molecule has 0 atom stereocenters. The Labute approximate surface area is 90.8 Å². The Hall–Kier alpha value is -1.06. The molecule has 1 fully saturated rings. The van der Waals surface area contributed by atoms with Crippen LogP contribution in [-0.4, -0.2) is 13.1 Å². The predicted molar refractivity (Wildman–Crippen MR) is 61.5 cm³/mol. The summed E-state index contributed by atoms with van der Waals surface area (Å²) < 4.78 is 0. The van der Waals surface area contributed by atoms with Gasteiger partial charge in [-0.2, -0.15) is 0 Å². The van der Waals surface area contributed by atoms with Gasteiger partial charge >= 0.3 is 0 Å². The third kappa shape index (κ3) is 2.70. The van der Waals surface area contributed by atoms with Crippen LogP contribution in [0.5, 0.6) is 0 Å². The van der Waals surface area contributed by atoms with Gasteiger partial charge in [-0.05, 0) is 37.0 Å². The quantitative estimate of drug-likeness (QED) is 0.769. The Morgan fingerprint density at radius 3 is 2.33 bits per heavy atom. The van der Waals surface area contributed by atoms with Crippen LogP contribution in [-0.2, 0) is 11.4 Å². The molecular formula is C12H18N2O. The number of anilines is 1. The number of nitrogens with zero attached hydrogens (tertiary/aromatic N) is 1. The van der Waals surface area contributed by atoms with Crippen molar-refractivity contribution in [3.63, 3.8) is 0 Å². The van der Waals surface area contributed by atoms with Gasteiger partial charge in [-0.1, -0.05) is 12.1 Å². The van der Waals surface area contributed by atoms with Gasteiger partial charge in [0.2, 0.25) is 0 Å². The molecule has 1 saturated heterocycles. The molecule has 0 aromatic heterocycles. The SMILES string of the molecule is NOCc1ccc(N2CCCCC2)cc1. The number of nitrogens with two attached hydrogens (primary N) is 1. The second-order valence-corrected chi connectivity index (χ2v) is 4.03. The smallest absolute Gasteiger partial charge is 0.0930 e. The van der Waals surface area contributed by atoms with E-state index < -0.39 is 0 Å². The van der Waals surface area contributed by atoms with Crippen LogP contribution in [0.25, 0.3) is 0 Å². The second kappa shape index (κ2) is 5.14. The minimum atomic E-state index is 0.486. The van der Waals surface area contributed by atoms with E-state index in [4.69, 9.17) is 5.90 Å². The number of benzene rings is 1. The third-order valence-corrected chi connectivity index (χ3v) is 2.91. The molecule has 0 saturated carbocycles. The number of hydrogen-bond donors (Lipinski definition) is 1. The summed E-state index contributed by atoms with van der Waals surface area (Å²) in [4.78, 5) is 7.04. The van der Waals surface area contributed by atoms with E-state index in [1.807, 2.05) is 0 Å². The lowest BCUT2D eigenvalue weighted by Gasteiger charge is -2.28. The van der Waals surface area contributed by atoms with E-state index in [9.17, 15) is 0 Å². The summed E-state index contributed by atoms with van der Waals surface area (Å²) in [5.74, 6) is 5.03. The summed E-state index contributed by atoms with van der Waals surface area (Å²) >= 11 is 0. The number of piperidine rings is 1. The first-order chi connectivity index (χ1) is 7.40. The van der Waals surface area contributed by atoms with Crippen molar-refractivity contribution >= 4 is 5.69 Å². The fraction of sp³-hybridized carbons (Fsp3) is 0.500. The maximum absolute atomic E-state index is 5.03. The summed E-state index contributed by atoms with van der Waals surface area (Å²) in [6.07, 6.45) is 4.00. The molecule has 15 heavy (non-hydrogen) atoms. The van der Waals surface area contributed by atoms with Crippen molar-refractivity contribution < 1.29 is 4.84 Å². The molecule has 1 aliphatic rings. The van der Waals surface area contributed by atoms with Crippen molar-refractivity contribution in [3.8, 4) is 0 Å². The van der Waals surface area contributed by atoms with Gasteiger partial charge in [0.15, 0.2) is 0 Å². The van der Waals surface area contributed by atoms with Crippen LogP contribution in [0.2, 0.25) is 0 Å². The molecule has 1 aromatic carbocycles. The zero-order chi connectivity index (χ0) is 10.5. The van der Waals surface area contributed by atoms with Gasteiger partial charge < -0.3 is 4.90 Å². The van der Waals surface area contributed by atoms with Gasteiger partial charge in [-0.15, -0.1) is 0 Å². The number of hydrogen-bond acceptors (Lipinski definition) is 3. The summed E-state index contributed by atoms with van der Waals surface area (Å²) in [5, 5.41) is 0. The van der Waals surface area contributed by atoms with Gasteiger partial charge in [0, 0.05) is 18.8 Å². The molecule has 3 nitrogen and oxygen atoms in total. The molecule has 0 bridgehead atoms. The van der Waals surface area contributed by atoms with Crippen molar-refractivity contribution in [3.05, 3.63) is 29.8 Å². The first kappa shape index (κ1) is 10.5. The number of rotatable bonds is 3. The minimum absolute atomic E-state index is 0.486. The van der Waals surface area contributed by atoms with Gasteiger partial charge in [0.05, 0.1) is 6.61 Å². The Morgan fingerprint density at radius 1 is 1.07 bits per heavy atom. The van der Waals surface area contributed by atoms with Gasteiger partial charge in [-0.3, -0.25) is 4.84 Å². The lowest BCUT2D eigenvalue weighted by molar-refractivity contribution is 0.124. The van der Waals surface area contributed by atoms with Crippen molar-refractivity contribution in [2.45, 2.75) is 25.9 Å². The van der Waals surface area contributed by atoms with Crippen LogP contribution >= 0.6 is 0 Å². The maximum Gasteiger partial charge on any atom is 0.0930 e. The molecule has 82 valence electrons. The lowest BCUT2D eigenvalue weighted by atomic mass is 10.1. The summed E-state index contributed by atoms with van der Waals surface area (Å²) in [5.41, 5.74) is 2.44. The Morgan fingerprint density at radius 2 is 1.73 bits per heavy atom. The highest BCUT2D eigenvalue weighted by atomic mass is 16.6. The Kier molecular flexibility index (Phi) is 3.59. The molecule has 1 aliphatic heterocycles. The van der Waals surface area contributed by atoms with Crippen LogP contribution in [0, 0.1) is 0 Å². The molecule has 1 heterocycles. The monoisotopic (exact) mass is 206 g/mol. The van der Waals surface area contributed by atoms with E-state index in [-0.39, 0.29) is 0 Å². The van der Waals surface area contributed by atoms with Crippen LogP contribution in [0.3, 0.4) is 0 Å². The molecular weight excluding hydrogens is 188 g/mol. The van der Waals surface area contributed by atoms with Crippen molar-refractivity contribution in [2.24, 2.45) is 5.90 Å². The zero-order valence-corrected chi connectivity index (χ0v) is 8.98. The van der Waals surface area contributed by atoms with E-state index in [1.165, 1.54) is 38.0 Å². The molecule has 3 heteroatoms. The average Bonchev–Trinajstić information content (AvgIpc) is 2.32. The largest absolute Gasteiger partial charge is 0.372 e. The molecule has 0 aliphatic carbocycles. The average molecular weight is 206 g/mol. The normalized spacial score (nSPS) is 16.7. The lowest BCUT2D eigenvalue weighted by Crippen LogP contribution is -2.29. The molecule has 1 aromatic rings. The fourth-order valence-electron chi connectivity index (χ4n) is 2.05. The molecule has 2 rings (SSSR count). The first-order valence-electron chi connectivity index (χ1n) is 5.56. The summed E-state index contributed by atoms with van der Waals surface area (Å²) in [6, 6.07) is 8.47. The van der Waals surface area contributed by atoms with E-state index in [1.54, 1.807) is 0 Å². The fourth-order valence-corrected chi connectivity index (χ4v) is 2.05. The summed E-state index contributed by atoms with van der Waals surface area (Å²) in [7, 11) is 0. The third-order valence-electron chi connectivity index (χ3n) is 2.91. The van der Waals surface area contributed by atoms with Crippen LogP contribution in [0.15, 0.2) is 24.3 Å². The van der Waals surface area contributed by atoms with Gasteiger partial charge in [-0.25, -0.2) is 5.90 Å². The Bertz CT molecular complexity index is 291. The van der Waals surface area contributed by atoms with Crippen molar-refractivity contribution in [2.75, 3.05) is 18.0 Å². The second-order valence-electron chi connectivity index (χ2n) is 4.03.